The lowest BCUT2D eigenvalue weighted by Crippen LogP contribution is -2.33. The largest absolute Gasteiger partial charge is 0.458 e. The molecule has 1 aromatic rings. The maximum Gasteiger partial charge on any atom is 0.334 e. The summed E-state index contributed by atoms with van der Waals surface area (Å²) in [6, 6.07) is 10.2. The van der Waals surface area contributed by atoms with Gasteiger partial charge in [0.2, 0.25) is 0 Å². The van der Waals surface area contributed by atoms with Crippen molar-refractivity contribution in [3.05, 3.63) is 95.6 Å². The molecule has 220 valence electrons. The molecule has 1 aliphatic heterocycles. The zero-order valence-corrected chi connectivity index (χ0v) is 24.8. The molecular formula is C37H48O4. The van der Waals surface area contributed by atoms with Gasteiger partial charge in [0.25, 0.3) is 0 Å². The van der Waals surface area contributed by atoms with Gasteiger partial charge in [-0.15, -0.1) is 0 Å². The van der Waals surface area contributed by atoms with Gasteiger partial charge in [-0.3, -0.25) is 0 Å². The minimum atomic E-state index is -0.548. The van der Waals surface area contributed by atoms with Crippen molar-refractivity contribution in [3.8, 4) is 0 Å². The third-order valence-electron chi connectivity index (χ3n) is 10.7. The Morgan fingerprint density at radius 1 is 1.05 bits per heavy atom. The van der Waals surface area contributed by atoms with Gasteiger partial charge in [0.15, 0.2) is 0 Å². The highest BCUT2D eigenvalue weighted by atomic mass is 16.6. The molecule has 3 aliphatic carbocycles. The highest BCUT2D eigenvalue weighted by Crippen LogP contribution is 2.59. The molecule has 7 atom stereocenters. The summed E-state index contributed by atoms with van der Waals surface area (Å²) in [5.41, 5.74) is 5.64. The van der Waals surface area contributed by atoms with E-state index in [2.05, 4.69) is 44.4 Å². The summed E-state index contributed by atoms with van der Waals surface area (Å²) in [5.74, 6) is 1.12. The van der Waals surface area contributed by atoms with E-state index in [1.165, 1.54) is 37.7 Å². The second-order valence-electron chi connectivity index (χ2n) is 13.0. The molecule has 0 spiro atoms. The number of aliphatic hydroxyl groups excluding tert-OH is 2. The smallest absolute Gasteiger partial charge is 0.334 e. The lowest BCUT2D eigenvalue weighted by atomic mass is 9.62. The Bertz CT molecular complexity index is 1210. The maximum absolute atomic E-state index is 12.4. The van der Waals surface area contributed by atoms with E-state index in [1.54, 1.807) is 5.57 Å². The molecule has 2 N–H and O–H groups in total. The number of carbonyl (C=O) groups excluding carboxylic acids is 1. The highest BCUT2D eigenvalue weighted by molar-refractivity contribution is 5.92. The second-order valence-corrected chi connectivity index (χ2v) is 13.0. The molecule has 0 bridgehead atoms. The van der Waals surface area contributed by atoms with Crippen LogP contribution in [0, 0.1) is 23.2 Å². The fourth-order valence-electron chi connectivity index (χ4n) is 8.35. The van der Waals surface area contributed by atoms with E-state index in [0.717, 1.165) is 43.2 Å². The number of rotatable bonds is 9. The van der Waals surface area contributed by atoms with Gasteiger partial charge in [-0.2, -0.15) is 0 Å². The molecule has 3 saturated carbocycles. The van der Waals surface area contributed by atoms with Crippen LogP contribution < -0.4 is 0 Å². The minimum absolute atomic E-state index is 0.0345. The summed E-state index contributed by atoms with van der Waals surface area (Å²) >= 11 is 0. The molecule has 4 nitrogen and oxygen atoms in total. The lowest BCUT2D eigenvalue weighted by Gasteiger charge is -2.42. The number of allylic oxidation sites excluding steroid dienone is 3. The van der Waals surface area contributed by atoms with Crippen LogP contribution in [0.3, 0.4) is 0 Å². The van der Waals surface area contributed by atoms with Crippen molar-refractivity contribution in [1.29, 1.82) is 0 Å². The number of hydrogen-bond donors (Lipinski definition) is 2. The molecule has 7 unspecified atom stereocenters. The van der Waals surface area contributed by atoms with E-state index in [9.17, 15) is 9.90 Å². The first-order chi connectivity index (χ1) is 19.8. The molecule has 1 heterocycles. The summed E-state index contributed by atoms with van der Waals surface area (Å²) in [7, 11) is 0. The number of carbonyl (C=O) groups is 1. The van der Waals surface area contributed by atoms with Gasteiger partial charge >= 0.3 is 5.97 Å². The summed E-state index contributed by atoms with van der Waals surface area (Å²) in [5, 5.41) is 19.9. The molecule has 41 heavy (non-hydrogen) atoms. The Hall–Kier alpha value is -2.69. The second kappa shape index (κ2) is 13.1. The van der Waals surface area contributed by atoms with E-state index < -0.39 is 6.10 Å². The van der Waals surface area contributed by atoms with E-state index >= 15 is 0 Å². The summed E-state index contributed by atoms with van der Waals surface area (Å²) in [6.45, 7) is 11.0. The van der Waals surface area contributed by atoms with Crippen LogP contribution in [0.4, 0.5) is 0 Å². The van der Waals surface area contributed by atoms with Gasteiger partial charge in [0.05, 0.1) is 12.0 Å². The van der Waals surface area contributed by atoms with E-state index in [0.29, 0.717) is 29.2 Å². The first kappa shape index (κ1) is 29.8. The molecule has 4 fully saturated rings. The Labute approximate surface area is 246 Å². The predicted molar refractivity (Wildman–Crippen MR) is 165 cm³/mol. The number of cyclic esters (lactones) is 1. The zero-order chi connectivity index (χ0) is 29.0. The van der Waals surface area contributed by atoms with Gasteiger partial charge in [-0.1, -0.05) is 80.3 Å². The maximum atomic E-state index is 12.4. The van der Waals surface area contributed by atoms with Gasteiger partial charge in [-0.05, 0) is 105 Å². The Kier molecular flexibility index (Phi) is 9.51. The Morgan fingerprint density at radius 2 is 1.85 bits per heavy atom. The van der Waals surface area contributed by atoms with Crippen molar-refractivity contribution in [2.24, 2.45) is 23.2 Å². The van der Waals surface area contributed by atoms with Gasteiger partial charge < -0.3 is 14.9 Å². The highest BCUT2D eigenvalue weighted by Gasteiger charge is 2.49. The first-order valence-corrected chi connectivity index (χ1v) is 15.8. The third-order valence-corrected chi connectivity index (χ3v) is 10.7. The summed E-state index contributed by atoms with van der Waals surface area (Å²) in [6.07, 6.45) is 19.8. The fourth-order valence-corrected chi connectivity index (χ4v) is 8.35. The molecular weight excluding hydrogens is 508 g/mol. The molecule has 4 aliphatic rings. The SMILES string of the molecule is C=C1/C(=C\C=C2/CCCC3(C)C(CCCC4OC(=O)C(=C)C4c4ccccc4)CCC23)CCC(C=CCCO)C1O. The number of benzene rings is 1. The van der Waals surface area contributed by atoms with Crippen molar-refractivity contribution in [3.63, 3.8) is 0 Å². The molecule has 0 radical (unpaired) electrons. The lowest BCUT2D eigenvalue weighted by molar-refractivity contribution is -0.139. The summed E-state index contributed by atoms with van der Waals surface area (Å²) < 4.78 is 5.80. The van der Waals surface area contributed by atoms with Crippen LogP contribution in [0.15, 0.2) is 90.1 Å². The van der Waals surface area contributed by atoms with Crippen molar-refractivity contribution < 1.29 is 19.7 Å². The molecule has 0 aromatic heterocycles. The van der Waals surface area contributed by atoms with E-state index in [-0.39, 0.29) is 30.5 Å². The van der Waals surface area contributed by atoms with Crippen molar-refractivity contribution >= 4 is 5.97 Å². The standard InChI is InChI=1S/C37H48O4/c1-25-27(18-20-30(35(25)39)13-7-8-24-38)17-19-28-14-10-23-37(3)31(21-22-32(28)37)15-9-16-33-34(26(2)36(40)41-33)29-11-5-4-6-12-29/h4-7,11-13,17,19,30-35,38-39H,1-2,8-10,14-16,18,20-24H2,3H3/b13-7?,27-17-,28-19+. The third kappa shape index (κ3) is 6.24. The van der Waals surface area contributed by atoms with Gasteiger partial charge in [0, 0.05) is 18.1 Å². The van der Waals surface area contributed by atoms with Crippen LogP contribution in [0.1, 0.15) is 89.0 Å². The Morgan fingerprint density at radius 3 is 2.63 bits per heavy atom. The molecule has 5 rings (SSSR count). The van der Waals surface area contributed by atoms with Crippen molar-refractivity contribution in [1.82, 2.24) is 0 Å². The number of hydrogen-bond acceptors (Lipinski definition) is 4. The number of fused-ring (bicyclic) bond motifs is 1. The van der Waals surface area contributed by atoms with E-state index in [1.807, 2.05) is 30.4 Å². The van der Waals surface area contributed by atoms with Crippen LogP contribution in [0.5, 0.6) is 0 Å². The Balaban J connectivity index is 1.20. The minimum Gasteiger partial charge on any atom is -0.458 e. The number of ether oxygens (including phenoxy) is 1. The molecule has 1 aromatic carbocycles. The summed E-state index contributed by atoms with van der Waals surface area (Å²) in [4.78, 5) is 12.4. The molecule has 0 amide bonds. The topological polar surface area (TPSA) is 66.8 Å². The van der Waals surface area contributed by atoms with Crippen LogP contribution in [-0.2, 0) is 9.53 Å². The monoisotopic (exact) mass is 556 g/mol. The van der Waals surface area contributed by atoms with Crippen LogP contribution in [0.25, 0.3) is 0 Å². The van der Waals surface area contributed by atoms with E-state index in [4.69, 9.17) is 9.84 Å². The molecule has 1 saturated heterocycles. The van der Waals surface area contributed by atoms with Crippen LogP contribution >= 0.6 is 0 Å². The number of esters is 1. The normalized spacial score (nSPS) is 35.9. The number of aliphatic hydroxyl groups is 2. The first-order valence-electron chi connectivity index (χ1n) is 15.8. The zero-order valence-electron chi connectivity index (χ0n) is 24.8. The van der Waals surface area contributed by atoms with Crippen LogP contribution in [0.2, 0.25) is 0 Å². The van der Waals surface area contributed by atoms with Crippen LogP contribution in [-0.4, -0.2) is 35.0 Å². The predicted octanol–water partition coefficient (Wildman–Crippen LogP) is 7.76. The van der Waals surface area contributed by atoms with Gasteiger partial charge in [0.1, 0.15) is 6.10 Å². The van der Waals surface area contributed by atoms with Gasteiger partial charge in [-0.25, -0.2) is 4.79 Å². The fraction of sp³-hybridized carbons (Fsp3) is 0.541. The quantitative estimate of drug-likeness (QED) is 0.185. The van der Waals surface area contributed by atoms with Crippen molar-refractivity contribution in [2.75, 3.05) is 6.61 Å². The van der Waals surface area contributed by atoms with Crippen molar-refractivity contribution in [2.45, 2.75) is 95.7 Å². The average Bonchev–Trinajstić information content (AvgIpc) is 3.46. The molecule has 4 heteroatoms. The average molecular weight is 557 g/mol.